The second-order valence-corrected chi connectivity index (χ2v) is 7.87. The zero-order valence-corrected chi connectivity index (χ0v) is 13.1. The number of anilines is 1. The monoisotopic (exact) mass is 361 g/mol. The molecular weight excluding hydrogens is 349 g/mol. The molecule has 2 aromatic heterocycles. The Hall–Kier alpha value is -1.40. The van der Waals surface area contributed by atoms with Crippen LogP contribution in [0.4, 0.5) is 5.95 Å². The summed E-state index contributed by atoms with van der Waals surface area (Å²) < 4.78 is 17.8. The first-order chi connectivity index (χ1) is 10.9. The van der Waals surface area contributed by atoms with E-state index in [1.54, 1.807) is 0 Å². The van der Waals surface area contributed by atoms with Gasteiger partial charge in [0.05, 0.1) is 12.9 Å². The molecule has 0 aliphatic carbocycles. The predicted molar refractivity (Wildman–Crippen MR) is 79.8 cm³/mol. The molecule has 2 saturated heterocycles. The molecule has 2 fully saturated rings. The van der Waals surface area contributed by atoms with Crippen LogP contribution in [0.5, 0.6) is 0 Å². The van der Waals surface area contributed by atoms with Crippen LogP contribution in [-0.2, 0) is 25.6 Å². The maximum Gasteiger partial charge on any atom is 0.325 e. The molecule has 5 N–H and O–H groups in total. The number of H-pyrrole nitrogens is 1. The van der Waals surface area contributed by atoms with Crippen LogP contribution in [0.2, 0.25) is 0 Å². The van der Waals surface area contributed by atoms with Gasteiger partial charge in [0.1, 0.15) is 18.3 Å². The van der Waals surface area contributed by atoms with E-state index < -0.39 is 36.8 Å². The number of nitrogens with zero attached hydrogens (tertiary/aromatic N) is 3. The number of rotatable bonds is 2. The number of aliphatic hydroxyl groups excluding tert-OH is 1. The van der Waals surface area contributed by atoms with Crippen LogP contribution in [0.25, 0.3) is 11.2 Å². The first kappa shape index (κ1) is 15.1. The second-order valence-electron chi connectivity index (χ2n) is 5.13. The predicted octanol–water partition coefficient (Wildman–Crippen LogP) is -1.41. The molecular formula is C10H12N5O6PS. The zero-order chi connectivity index (χ0) is 16.4. The number of aromatic nitrogens is 4. The summed E-state index contributed by atoms with van der Waals surface area (Å²) in [5.74, 6) is -0.0756. The Morgan fingerprint density at radius 2 is 2.22 bits per heavy atom. The van der Waals surface area contributed by atoms with Gasteiger partial charge in [0.15, 0.2) is 17.4 Å². The zero-order valence-electron chi connectivity index (χ0n) is 11.4. The van der Waals surface area contributed by atoms with E-state index >= 15 is 0 Å². The molecule has 0 bridgehead atoms. The van der Waals surface area contributed by atoms with Crippen LogP contribution >= 0.6 is 6.72 Å². The molecule has 0 aromatic carbocycles. The van der Waals surface area contributed by atoms with E-state index in [0.29, 0.717) is 0 Å². The van der Waals surface area contributed by atoms with Gasteiger partial charge in [0, 0.05) is 0 Å². The van der Waals surface area contributed by atoms with Crippen LogP contribution in [0.3, 0.4) is 0 Å². The van der Waals surface area contributed by atoms with Crippen molar-refractivity contribution in [1.82, 2.24) is 19.5 Å². The van der Waals surface area contributed by atoms with E-state index in [1.807, 2.05) is 0 Å². The number of nitrogens with one attached hydrogen (secondary N) is 1. The van der Waals surface area contributed by atoms with Gasteiger partial charge >= 0.3 is 6.72 Å². The minimum Gasteiger partial charge on any atom is -0.394 e. The van der Waals surface area contributed by atoms with Crippen LogP contribution < -0.4 is 11.3 Å². The van der Waals surface area contributed by atoms with Gasteiger partial charge in [-0.25, -0.2) is 4.98 Å². The molecule has 0 saturated carbocycles. The van der Waals surface area contributed by atoms with Gasteiger partial charge in [-0.2, -0.15) is 4.98 Å². The number of hydrogen-bond acceptors (Lipinski definition) is 9. The standard InChI is InChI=1S/C10H12N5O6PS/c11-10-13-7-4(8(17)14-10)12-2-15(7)9-6-5(3(1-16)19-9)20-22(18,23)21-6/h2-3,5-6,9,16H,1H2,(H,18,23)(H3,11,13,14,17)/t3-,5+,6+,9+,22?/m1/s1. The number of fused-ring (bicyclic) bond motifs is 2. The normalized spacial score (nSPS) is 36.6. The number of hydrogen-bond donors (Lipinski definition) is 4. The van der Waals surface area contributed by atoms with Crippen molar-refractivity contribution in [3.05, 3.63) is 16.7 Å². The lowest BCUT2D eigenvalue weighted by molar-refractivity contribution is -0.0560. The Balaban J connectivity index is 1.82. The largest absolute Gasteiger partial charge is 0.394 e. The maximum atomic E-state index is 11.8. The van der Waals surface area contributed by atoms with Gasteiger partial charge < -0.3 is 20.5 Å². The van der Waals surface area contributed by atoms with Crippen molar-refractivity contribution >= 4 is 35.6 Å². The highest BCUT2D eigenvalue weighted by molar-refractivity contribution is 8.07. The summed E-state index contributed by atoms with van der Waals surface area (Å²) in [4.78, 5) is 32.1. The van der Waals surface area contributed by atoms with Crippen molar-refractivity contribution < 1.29 is 23.8 Å². The molecule has 124 valence electrons. The highest BCUT2D eigenvalue weighted by Crippen LogP contribution is 2.58. The molecule has 1 unspecified atom stereocenters. The summed E-state index contributed by atoms with van der Waals surface area (Å²) in [6.07, 6.45) is -1.71. The molecule has 4 rings (SSSR count). The first-order valence-electron chi connectivity index (χ1n) is 6.58. The molecule has 5 atom stereocenters. The summed E-state index contributed by atoms with van der Waals surface area (Å²) in [7, 11) is 0. The topological polar surface area (TPSA) is 158 Å². The highest BCUT2D eigenvalue weighted by atomic mass is 32.5. The molecule has 0 amide bonds. The number of imidazole rings is 1. The molecule has 2 aliphatic heterocycles. The fraction of sp³-hybridized carbons (Fsp3) is 0.500. The smallest absolute Gasteiger partial charge is 0.325 e. The van der Waals surface area contributed by atoms with Crippen LogP contribution in [0.1, 0.15) is 6.23 Å². The Kier molecular flexibility index (Phi) is 3.32. The minimum atomic E-state index is -3.39. The Bertz CT molecular complexity index is 884. The summed E-state index contributed by atoms with van der Waals surface area (Å²) in [6, 6.07) is 0. The maximum absolute atomic E-state index is 11.8. The third-order valence-electron chi connectivity index (χ3n) is 3.70. The molecule has 2 aromatic rings. The van der Waals surface area contributed by atoms with Gasteiger partial charge in [-0.15, -0.1) is 0 Å². The average molecular weight is 361 g/mol. The molecule has 2 aliphatic rings. The van der Waals surface area contributed by atoms with Crippen LogP contribution in [0, 0.1) is 0 Å². The Morgan fingerprint density at radius 1 is 1.48 bits per heavy atom. The lowest BCUT2D eigenvalue weighted by Gasteiger charge is -2.19. The van der Waals surface area contributed by atoms with Gasteiger partial charge in [-0.1, -0.05) is 0 Å². The fourth-order valence-electron chi connectivity index (χ4n) is 2.78. The minimum absolute atomic E-state index is 0.0756. The average Bonchev–Trinajstić information content (AvgIpc) is 3.09. The van der Waals surface area contributed by atoms with E-state index in [0.717, 1.165) is 0 Å². The van der Waals surface area contributed by atoms with E-state index in [4.69, 9.17) is 31.3 Å². The number of aromatic amines is 1. The molecule has 0 radical (unpaired) electrons. The molecule has 0 spiro atoms. The third-order valence-corrected chi connectivity index (χ3v) is 5.24. The van der Waals surface area contributed by atoms with Crippen molar-refractivity contribution in [2.24, 2.45) is 0 Å². The van der Waals surface area contributed by atoms with Crippen molar-refractivity contribution in [3.63, 3.8) is 0 Å². The summed E-state index contributed by atoms with van der Waals surface area (Å²) in [5.41, 5.74) is 5.34. The molecule has 4 heterocycles. The first-order valence-corrected chi connectivity index (χ1v) is 9.17. The quantitative estimate of drug-likeness (QED) is 0.468. The van der Waals surface area contributed by atoms with Crippen molar-refractivity contribution in [1.29, 1.82) is 0 Å². The van der Waals surface area contributed by atoms with Crippen molar-refractivity contribution in [2.45, 2.75) is 24.5 Å². The summed E-state index contributed by atoms with van der Waals surface area (Å²) in [5, 5.41) is 9.42. The van der Waals surface area contributed by atoms with Gasteiger partial charge in [-0.05, 0) is 11.8 Å². The van der Waals surface area contributed by atoms with E-state index in [9.17, 15) is 14.8 Å². The van der Waals surface area contributed by atoms with Gasteiger partial charge in [0.2, 0.25) is 5.95 Å². The molecule has 23 heavy (non-hydrogen) atoms. The Morgan fingerprint density at radius 3 is 2.96 bits per heavy atom. The van der Waals surface area contributed by atoms with Crippen LogP contribution in [0.15, 0.2) is 11.1 Å². The number of nitrogen functional groups attached to an aromatic ring is 1. The van der Waals surface area contributed by atoms with Gasteiger partial charge in [0.25, 0.3) is 5.56 Å². The number of aliphatic hydroxyl groups is 1. The van der Waals surface area contributed by atoms with Crippen molar-refractivity contribution in [2.75, 3.05) is 12.3 Å². The van der Waals surface area contributed by atoms with Gasteiger partial charge in [-0.3, -0.25) is 23.4 Å². The number of nitrogens with two attached hydrogens (primary N) is 1. The van der Waals surface area contributed by atoms with E-state index in [1.165, 1.54) is 10.9 Å². The van der Waals surface area contributed by atoms with Crippen LogP contribution in [-0.4, -0.2) is 54.4 Å². The lowest BCUT2D eigenvalue weighted by atomic mass is 10.1. The SMILES string of the molecule is Nc1nc2c(ncn2[C@H]2O[C@H](CO)[C@@H]3OP(O)(=S)O[C@@H]32)c(=O)[nH]1. The van der Waals surface area contributed by atoms with Crippen molar-refractivity contribution in [3.8, 4) is 0 Å². The third kappa shape index (κ3) is 2.31. The summed E-state index contributed by atoms with van der Waals surface area (Å²) >= 11 is 4.85. The fourth-order valence-corrected chi connectivity index (χ4v) is 4.52. The summed E-state index contributed by atoms with van der Waals surface area (Å²) in [6.45, 7) is -3.74. The Labute approximate surface area is 133 Å². The highest BCUT2D eigenvalue weighted by Gasteiger charge is 2.56. The van der Waals surface area contributed by atoms with E-state index in [-0.39, 0.29) is 23.7 Å². The number of ether oxygens (including phenoxy) is 1. The second kappa shape index (κ2) is 5.05. The lowest BCUT2D eigenvalue weighted by Crippen LogP contribution is -2.30. The van der Waals surface area contributed by atoms with E-state index in [2.05, 4.69) is 15.0 Å². The molecule has 13 heteroatoms. The molecule has 11 nitrogen and oxygen atoms in total.